The molecule has 0 spiro atoms. The van der Waals surface area contributed by atoms with Crippen LogP contribution in [0.4, 0.5) is 0 Å². The summed E-state index contributed by atoms with van der Waals surface area (Å²) in [5, 5.41) is 3.59. The van der Waals surface area contributed by atoms with Crippen molar-refractivity contribution < 1.29 is 4.74 Å². The Kier molecular flexibility index (Phi) is 6.32. The molecule has 1 unspecified atom stereocenters. The van der Waals surface area contributed by atoms with E-state index in [2.05, 4.69) is 19.2 Å². The number of hydrogen-bond donors (Lipinski definition) is 2. The van der Waals surface area contributed by atoms with Gasteiger partial charge in [0.1, 0.15) is 0 Å². The van der Waals surface area contributed by atoms with E-state index in [1.165, 1.54) is 25.7 Å². The Balaban J connectivity index is 2.01. The summed E-state index contributed by atoms with van der Waals surface area (Å²) in [6, 6.07) is 0.683. The summed E-state index contributed by atoms with van der Waals surface area (Å²) in [6.45, 7) is 6.47. The fourth-order valence-corrected chi connectivity index (χ4v) is 2.41. The van der Waals surface area contributed by atoms with Crippen LogP contribution in [-0.4, -0.2) is 32.3 Å². The first-order valence-electron chi connectivity index (χ1n) is 6.62. The molecular weight excluding hydrogens is 200 g/mol. The van der Waals surface area contributed by atoms with E-state index in [0.29, 0.717) is 18.1 Å². The molecule has 1 rings (SSSR count). The standard InChI is InChI=1S/C13H28N2O/c1-10(2)6-11(9-14)4-5-15-12-7-13(8-12)16-3/h10-13,15H,4-9,14H2,1-3H3. The molecule has 0 aliphatic heterocycles. The number of nitrogens with two attached hydrogens (primary N) is 1. The van der Waals surface area contributed by atoms with Crippen molar-refractivity contribution in [3.05, 3.63) is 0 Å². The van der Waals surface area contributed by atoms with Gasteiger partial charge in [0.25, 0.3) is 0 Å². The molecule has 16 heavy (non-hydrogen) atoms. The molecule has 0 aromatic heterocycles. The Morgan fingerprint density at radius 2 is 2.06 bits per heavy atom. The molecule has 0 amide bonds. The topological polar surface area (TPSA) is 47.3 Å². The molecule has 0 saturated heterocycles. The highest BCUT2D eigenvalue weighted by atomic mass is 16.5. The van der Waals surface area contributed by atoms with Crippen LogP contribution in [0.25, 0.3) is 0 Å². The molecular formula is C13H28N2O. The van der Waals surface area contributed by atoms with Crippen LogP contribution in [-0.2, 0) is 4.74 Å². The molecule has 96 valence electrons. The van der Waals surface area contributed by atoms with E-state index < -0.39 is 0 Å². The maximum atomic E-state index is 5.78. The lowest BCUT2D eigenvalue weighted by Crippen LogP contribution is -2.45. The third kappa shape index (κ3) is 4.81. The van der Waals surface area contributed by atoms with Crippen molar-refractivity contribution in [2.24, 2.45) is 17.6 Å². The molecule has 1 fully saturated rings. The second-order valence-electron chi connectivity index (χ2n) is 5.50. The normalized spacial score (nSPS) is 26.8. The van der Waals surface area contributed by atoms with Crippen LogP contribution in [0.15, 0.2) is 0 Å². The fourth-order valence-electron chi connectivity index (χ4n) is 2.41. The van der Waals surface area contributed by atoms with E-state index in [0.717, 1.165) is 19.0 Å². The predicted molar refractivity (Wildman–Crippen MR) is 68.4 cm³/mol. The molecule has 0 bridgehead atoms. The number of rotatable bonds is 8. The van der Waals surface area contributed by atoms with E-state index in [4.69, 9.17) is 10.5 Å². The largest absolute Gasteiger partial charge is 0.381 e. The van der Waals surface area contributed by atoms with Gasteiger partial charge in [-0.05, 0) is 50.6 Å². The van der Waals surface area contributed by atoms with Gasteiger partial charge in [0.05, 0.1) is 6.10 Å². The molecule has 0 radical (unpaired) electrons. The molecule has 1 atom stereocenters. The van der Waals surface area contributed by atoms with Crippen molar-refractivity contribution in [2.75, 3.05) is 20.2 Å². The molecule has 3 nitrogen and oxygen atoms in total. The smallest absolute Gasteiger partial charge is 0.0601 e. The van der Waals surface area contributed by atoms with E-state index in [1.807, 2.05) is 0 Å². The second kappa shape index (κ2) is 7.25. The Morgan fingerprint density at radius 3 is 2.56 bits per heavy atom. The summed E-state index contributed by atoms with van der Waals surface area (Å²) < 4.78 is 5.26. The lowest BCUT2D eigenvalue weighted by atomic mass is 9.88. The molecule has 1 aliphatic carbocycles. The van der Waals surface area contributed by atoms with Crippen molar-refractivity contribution >= 4 is 0 Å². The highest BCUT2D eigenvalue weighted by Crippen LogP contribution is 2.22. The molecule has 3 N–H and O–H groups in total. The minimum absolute atomic E-state index is 0.499. The number of methoxy groups -OCH3 is 1. The van der Waals surface area contributed by atoms with Gasteiger partial charge in [-0.15, -0.1) is 0 Å². The zero-order valence-corrected chi connectivity index (χ0v) is 11.0. The maximum Gasteiger partial charge on any atom is 0.0601 e. The van der Waals surface area contributed by atoms with E-state index in [9.17, 15) is 0 Å². The van der Waals surface area contributed by atoms with Gasteiger partial charge in [-0.1, -0.05) is 13.8 Å². The molecule has 1 aliphatic rings. The van der Waals surface area contributed by atoms with Crippen molar-refractivity contribution in [3.63, 3.8) is 0 Å². The average molecular weight is 228 g/mol. The Hall–Kier alpha value is -0.120. The van der Waals surface area contributed by atoms with Crippen LogP contribution in [0.3, 0.4) is 0 Å². The van der Waals surface area contributed by atoms with Crippen LogP contribution in [0, 0.1) is 11.8 Å². The Morgan fingerprint density at radius 1 is 1.38 bits per heavy atom. The van der Waals surface area contributed by atoms with Crippen molar-refractivity contribution in [1.29, 1.82) is 0 Å². The molecule has 0 aromatic rings. The van der Waals surface area contributed by atoms with Gasteiger partial charge in [-0.25, -0.2) is 0 Å². The molecule has 1 saturated carbocycles. The van der Waals surface area contributed by atoms with Gasteiger partial charge < -0.3 is 15.8 Å². The summed E-state index contributed by atoms with van der Waals surface area (Å²) in [7, 11) is 1.80. The van der Waals surface area contributed by atoms with Crippen LogP contribution < -0.4 is 11.1 Å². The van der Waals surface area contributed by atoms with E-state index >= 15 is 0 Å². The van der Waals surface area contributed by atoms with Gasteiger partial charge in [-0.3, -0.25) is 0 Å². The number of hydrogen-bond acceptors (Lipinski definition) is 3. The molecule has 0 aromatic carbocycles. The predicted octanol–water partition coefficient (Wildman–Crippen LogP) is 1.76. The first-order chi connectivity index (χ1) is 7.65. The van der Waals surface area contributed by atoms with Gasteiger partial charge in [0.15, 0.2) is 0 Å². The lowest BCUT2D eigenvalue weighted by molar-refractivity contribution is 0.0172. The summed E-state index contributed by atoms with van der Waals surface area (Å²) in [5.41, 5.74) is 5.78. The number of ether oxygens (including phenoxy) is 1. The minimum Gasteiger partial charge on any atom is -0.381 e. The van der Waals surface area contributed by atoms with Crippen molar-refractivity contribution in [1.82, 2.24) is 5.32 Å². The second-order valence-corrected chi connectivity index (χ2v) is 5.50. The lowest BCUT2D eigenvalue weighted by Gasteiger charge is -2.35. The van der Waals surface area contributed by atoms with Gasteiger partial charge >= 0.3 is 0 Å². The van der Waals surface area contributed by atoms with Crippen molar-refractivity contribution in [3.8, 4) is 0 Å². The summed E-state index contributed by atoms with van der Waals surface area (Å²) >= 11 is 0. The number of nitrogens with one attached hydrogen (secondary N) is 1. The van der Waals surface area contributed by atoms with Crippen LogP contribution >= 0.6 is 0 Å². The summed E-state index contributed by atoms with van der Waals surface area (Å²) in [6.07, 6.45) is 5.31. The highest BCUT2D eigenvalue weighted by Gasteiger charge is 2.28. The SMILES string of the molecule is COC1CC(NCCC(CN)CC(C)C)C1. The quantitative estimate of drug-likeness (QED) is 0.665. The zero-order chi connectivity index (χ0) is 12.0. The van der Waals surface area contributed by atoms with Crippen LogP contribution in [0.5, 0.6) is 0 Å². The van der Waals surface area contributed by atoms with E-state index in [1.54, 1.807) is 7.11 Å². The first kappa shape index (κ1) is 13.9. The van der Waals surface area contributed by atoms with Gasteiger partial charge in [-0.2, -0.15) is 0 Å². The van der Waals surface area contributed by atoms with Crippen molar-refractivity contribution in [2.45, 2.75) is 51.7 Å². The van der Waals surface area contributed by atoms with Gasteiger partial charge in [0.2, 0.25) is 0 Å². The monoisotopic (exact) mass is 228 g/mol. The van der Waals surface area contributed by atoms with Gasteiger partial charge in [0, 0.05) is 13.2 Å². The average Bonchev–Trinajstić information content (AvgIpc) is 2.19. The highest BCUT2D eigenvalue weighted by molar-refractivity contribution is 4.85. The fraction of sp³-hybridized carbons (Fsp3) is 1.00. The van der Waals surface area contributed by atoms with E-state index in [-0.39, 0.29) is 0 Å². The first-order valence-corrected chi connectivity index (χ1v) is 6.62. The maximum absolute atomic E-state index is 5.78. The Bertz CT molecular complexity index is 179. The molecule has 0 heterocycles. The van der Waals surface area contributed by atoms with Crippen LogP contribution in [0.1, 0.15) is 39.5 Å². The summed E-state index contributed by atoms with van der Waals surface area (Å²) in [4.78, 5) is 0. The Labute approximate surface area is 100 Å². The zero-order valence-electron chi connectivity index (χ0n) is 11.0. The summed E-state index contributed by atoms with van der Waals surface area (Å²) in [5.74, 6) is 1.45. The molecule has 3 heteroatoms. The third-order valence-electron chi connectivity index (χ3n) is 3.55. The van der Waals surface area contributed by atoms with Crippen LogP contribution in [0.2, 0.25) is 0 Å². The minimum atomic E-state index is 0.499. The third-order valence-corrected chi connectivity index (χ3v) is 3.55.